The molecule has 0 spiro atoms. The molecule has 0 N–H and O–H groups in total. The quantitative estimate of drug-likeness (QED) is 0.636. The average Bonchev–Trinajstić information content (AvgIpc) is 2.53. The first-order valence-corrected chi connectivity index (χ1v) is 7.34. The molecule has 0 aliphatic heterocycles. The fourth-order valence-corrected chi connectivity index (χ4v) is 3.36. The number of para-hydroxylation sites is 1. The Hall–Kier alpha value is -2.29. The van der Waals surface area contributed by atoms with Gasteiger partial charge in [-0.05, 0) is 55.0 Å². The number of ether oxygens (including phenoxy) is 1. The van der Waals surface area contributed by atoms with E-state index in [9.17, 15) is 4.79 Å². The number of aryl methyl sites for hydroxylation is 1. The maximum atomic E-state index is 12.8. The van der Waals surface area contributed by atoms with Crippen molar-refractivity contribution >= 4 is 21.9 Å². The van der Waals surface area contributed by atoms with Gasteiger partial charge in [-0.1, -0.05) is 12.1 Å². The molecule has 0 radical (unpaired) electrons. The van der Waals surface area contributed by atoms with E-state index in [-0.39, 0.29) is 5.43 Å². The monoisotopic (exact) mass is 280 g/mol. The molecule has 1 aliphatic carbocycles. The molecule has 0 fully saturated rings. The predicted molar refractivity (Wildman–Crippen MR) is 83.2 cm³/mol. The molecule has 0 bridgehead atoms. The third-order valence-electron chi connectivity index (χ3n) is 4.35. The summed E-state index contributed by atoms with van der Waals surface area (Å²) in [6, 6.07) is 9.41. The highest BCUT2D eigenvalue weighted by Crippen LogP contribution is 2.36. The van der Waals surface area contributed by atoms with Crippen molar-refractivity contribution in [2.75, 3.05) is 7.11 Å². The zero-order chi connectivity index (χ0) is 14.4. The highest BCUT2D eigenvalue weighted by atomic mass is 16.5. The van der Waals surface area contributed by atoms with Crippen LogP contribution in [0.3, 0.4) is 0 Å². The van der Waals surface area contributed by atoms with E-state index >= 15 is 0 Å². The van der Waals surface area contributed by atoms with Crippen molar-refractivity contribution in [2.24, 2.45) is 0 Å². The van der Waals surface area contributed by atoms with Crippen LogP contribution in [0.1, 0.15) is 24.0 Å². The third kappa shape index (κ3) is 1.77. The van der Waals surface area contributed by atoms with Crippen molar-refractivity contribution in [3.63, 3.8) is 0 Å². The molecule has 3 nitrogen and oxygen atoms in total. The molecule has 106 valence electrons. The fourth-order valence-electron chi connectivity index (χ4n) is 3.36. The van der Waals surface area contributed by atoms with E-state index in [1.54, 1.807) is 13.2 Å². The van der Waals surface area contributed by atoms with Crippen LogP contribution in [0.2, 0.25) is 0 Å². The lowest BCUT2D eigenvalue weighted by Crippen LogP contribution is -2.10. The Labute approximate surface area is 122 Å². The number of rotatable bonds is 1. The largest absolute Gasteiger partial charge is 0.496 e. The van der Waals surface area contributed by atoms with Gasteiger partial charge in [0.1, 0.15) is 22.3 Å². The van der Waals surface area contributed by atoms with Gasteiger partial charge in [0.25, 0.3) is 0 Å². The summed E-state index contributed by atoms with van der Waals surface area (Å²) < 4.78 is 11.6. The van der Waals surface area contributed by atoms with E-state index in [0.29, 0.717) is 27.7 Å². The average molecular weight is 280 g/mol. The van der Waals surface area contributed by atoms with Crippen molar-refractivity contribution in [3.8, 4) is 5.75 Å². The normalized spacial score (nSPS) is 14.3. The van der Waals surface area contributed by atoms with Crippen LogP contribution in [-0.4, -0.2) is 7.11 Å². The Balaban J connectivity index is 2.21. The second-order valence-electron chi connectivity index (χ2n) is 5.56. The van der Waals surface area contributed by atoms with Crippen LogP contribution in [0, 0.1) is 0 Å². The smallest absolute Gasteiger partial charge is 0.204 e. The molecule has 1 heterocycles. The van der Waals surface area contributed by atoms with Crippen LogP contribution in [0.25, 0.3) is 21.9 Å². The van der Waals surface area contributed by atoms with Crippen molar-refractivity contribution in [1.29, 1.82) is 0 Å². The molecule has 1 aliphatic rings. The molecule has 0 amide bonds. The van der Waals surface area contributed by atoms with E-state index in [1.807, 2.05) is 24.3 Å². The van der Waals surface area contributed by atoms with Crippen LogP contribution >= 0.6 is 0 Å². The summed E-state index contributed by atoms with van der Waals surface area (Å²) in [4.78, 5) is 12.8. The first-order valence-electron chi connectivity index (χ1n) is 7.34. The maximum absolute atomic E-state index is 12.8. The van der Waals surface area contributed by atoms with Gasteiger partial charge in [0.2, 0.25) is 5.43 Å². The second kappa shape index (κ2) is 4.62. The molecule has 0 unspecified atom stereocenters. The molecule has 4 rings (SSSR count). The summed E-state index contributed by atoms with van der Waals surface area (Å²) in [6.07, 6.45) is 4.33. The Morgan fingerprint density at radius 3 is 2.76 bits per heavy atom. The van der Waals surface area contributed by atoms with Crippen molar-refractivity contribution < 1.29 is 9.15 Å². The Kier molecular flexibility index (Phi) is 2.74. The Morgan fingerprint density at radius 1 is 1.10 bits per heavy atom. The van der Waals surface area contributed by atoms with Gasteiger partial charge in [0.15, 0.2) is 0 Å². The topological polar surface area (TPSA) is 39.4 Å². The highest BCUT2D eigenvalue weighted by Gasteiger charge is 2.21. The summed E-state index contributed by atoms with van der Waals surface area (Å²) in [5.74, 6) is 0.710. The molecule has 0 saturated heterocycles. The zero-order valence-corrected chi connectivity index (χ0v) is 11.9. The molecule has 1 aromatic heterocycles. The minimum Gasteiger partial charge on any atom is -0.496 e. The SMILES string of the molecule is COc1c2c(cc3oc4ccccc4c(=O)c13)CCCC2. The van der Waals surface area contributed by atoms with Gasteiger partial charge in [0.05, 0.1) is 12.5 Å². The van der Waals surface area contributed by atoms with Crippen molar-refractivity contribution in [2.45, 2.75) is 25.7 Å². The summed E-state index contributed by atoms with van der Waals surface area (Å²) in [5.41, 5.74) is 3.70. The highest BCUT2D eigenvalue weighted by molar-refractivity contribution is 5.94. The van der Waals surface area contributed by atoms with E-state index in [2.05, 4.69) is 0 Å². The Bertz CT molecular complexity index is 906. The first-order chi connectivity index (χ1) is 10.3. The molecule has 3 heteroatoms. The first kappa shape index (κ1) is 12.5. The van der Waals surface area contributed by atoms with Gasteiger partial charge >= 0.3 is 0 Å². The van der Waals surface area contributed by atoms with Crippen LogP contribution in [-0.2, 0) is 12.8 Å². The summed E-state index contributed by atoms with van der Waals surface area (Å²) in [7, 11) is 1.64. The minimum absolute atomic E-state index is 0.00271. The third-order valence-corrected chi connectivity index (χ3v) is 4.35. The zero-order valence-electron chi connectivity index (χ0n) is 11.9. The molecule has 0 atom stereocenters. The lowest BCUT2D eigenvalue weighted by atomic mass is 9.89. The van der Waals surface area contributed by atoms with Crippen molar-refractivity contribution in [3.05, 3.63) is 51.7 Å². The lowest BCUT2D eigenvalue weighted by Gasteiger charge is -2.20. The Morgan fingerprint density at radius 2 is 1.90 bits per heavy atom. The molecule has 21 heavy (non-hydrogen) atoms. The van der Waals surface area contributed by atoms with Gasteiger partial charge in [-0.25, -0.2) is 0 Å². The minimum atomic E-state index is -0.00271. The second-order valence-corrected chi connectivity index (χ2v) is 5.56. The van der Waals surface area contributed by atoms with Gasteiger partial charge in [-0.3, -0.25) is 4.79 Å². The summed E-state index contributed by atoms with van der Waals surface area (Å²) >= 11 is 0. The van der Waals surface area contributed by atoms with Gasteiger partial charge in [0, 0.05) is 0 Å². The molecular formula is C18H16O3. The van der Waals surface area contributed by atoms with E-state index in [1.165, 1.54) is 17.5 Å². The molecule has 2 aromatic carbocycles. The number of hydrogen-bond donors (Lipinski definition) is 0. The van der Waals surface area contributed by atoms with Crippen LogP contribution in [0.15, 0.2) is 39.5 Å². The standard InChI is InChI=1S/C18H16O3/c1-20-18-12-7-3-2-6-11(12)10-15-16(18)17(19)13-8-4-5-9-14(13)21-15/h4-5,8-10H,2-3,6-7H2,1H3. The van der Waals surface area contributed by atoms with E-state index in [0.717, 1.165) is 19.3 Å². The van der Waals surface area contributed by atoms with Crippen LogP contribution < -0.4 is 10.2 Å². The summed E-state index contributed by atoms with van der Waals surface area (Å²) in [6.45, 7) is 0. The molecule has 0 saturated carbocycles. The van der Waals surface area contributed by atoms with Gasteiger partial charge < -0.3 is 9.15 Å². The van der Waals surface area contributed by atoms with Crippen molar-refractivity contribution in [1.82, 2.24) is 0 Å². The fraction of sp³-hybridized carbons (Fsp3) is 0.278. The van der Waals surface area contributed by atoms with E-state index in [4.69, 9.17) is 9.15 Å². The number of hydrogen-bond acceptors (Lipinski definition) is 3. The molecule has 3 aromatic rings. The van der Waals surface area contributed by atoms with Gasteiger partial charge in [-0.15, -0.1) is 0 Å². The van der Waals surface area contributed by atoms with Crippen LogP contribution in [0.5, 0.6) is 5.75 Å². The maximum Gasteiger partial charge on any atom is 0.204 e. The van der Waals surface area contributed by atoms with Gasteiger partial charge in [-0.2, -0.15) is 0 Å². The van der Waals surface area contributed by atoms with E-state index < -0.39 is 0 Å². The van der Waals surface area contributed by atoms with Crippen LogP contribution in [0.4, 0.5) is 0 Å². The number of fused-ring (bicyclic) bond motifs is 3. The predicted octanol–water partition coefficient (Wildman–Crippen LogP) is 3.83. The number of benzene rings is 2. The summed E-state index contributed by atoms with van der Waals surface area (Å²) in [5, 5.41) is 1.19. The lowest BCUT2D eigenvalue weighted by molar-refractivity contribution is 0.410. The molecular weight excluding hydrogens is 264 g/mol. The number of methoxy groups -OCH3 is 1.